The first-order valence-electron chi connectivity index (χ1n) is 6.56. The van der Waals surface area contributed by atoms with Crippen molar-refractivity contribution in [2.45, 2.75) is 44.5 Å². The van der Waals surface area contributed by atoms with E-state index < -0.39 is 0 Å². The summed E-state index contributed by atoms with van der Waals surface area (Å²) in [4.78, 5) is 12.2. The van der Waals surface area contributed by atoms with Crippen LogP contribution in [0.3, 0.4) is 0 Å². The fraction of sp³-hybridized carbons (Fsp3) is 0.533. The van der Waals surface area contributed by atoms with Crippen LogP contribution in [-0.2, 0) is 16.7 Å². The van der Waals surface area contributed by atoms with Gasteiger partial charge in [-0.25, -0.2) is 0 Å². The highest BCUT2D eigenvalue weighted by atomic mass is 79.9. The molecule has 2 rings (SSSR count). The molecule has 18 heavy (non-hydrogen) atoms. The van der Waals surface area contributed by atoms with Crippen LogP contribution in [0, 0.1) is 5.41 Å². The average molecular weight is 310 g/mol. The van der Waals surface area contributed by atoms with Crippen molar-refractivity contribution in [1.29, 1.82) is 0 Å². The highest BCUT2D eigenvalue weighted by molar-refractivity contribution is 9.08. The lowest BCUT2D eigenvalue weighted by Gasteiger charge is -2.22. The van der Waals surface area contributed by atoms with Crippen LogP contribution < -0.4 is 5.32 Å². The van der Waals surface area contributed by atoms with E-state index in [2.05, 4.69) is 46.4 Å². The number of alkyl halides is 1. The maximum Gasteiger partial charge on any atom is 0.226 e. The Balaban J connectivity index is 1.92. The molecule has 0 spiro atoms. The standard InChI is InChI=1S/C15H20BrNO/c1-15(7-2-3-8-15)14(18)17-11-13-6-4-5-12(9-13)10-16/h4-6,9H,2-3,7-8,10-11H2,1H3,(H,17,18). The Kier molecular flexibility index (Phi) is 4.44. The molecule has 1 fully saturated rings. The van der Waals surface area contributed by atoms with E-state index in [-0.39, 0.29) is 11.3 Å². The number of halogens is 1. The summed E-state index contributed by atoms with van der Waals surface area (Å²) in [7, 11) is 0. The molecule has 1 aliphatic carbocycles. The number of amides is 1. The van der Waals surface area contributed by atoms with Crippen LogP contribution in [0.15, 0.2) is 24.3 Å². The van der Waals surface area contributed by atoms with Gasteiger partial charge in [0.05, 0.1) is 0 Å². The monoisotopic (exact) mass is 309 g/mol. The normalized spacial score (nSPS) is 17.7. The van der Waals surface area contributed by atoms with Gasteiger partial charge in [0.15, 0.2) is 0 Å². The van der Waals surface area contributed by atoms with Crippen LogP contribution in [0.4, 0.5) is 0 Å². The van der Waals surface area contributed by atoms with Gasteiger partial charge < -0.3 is 5.32 Å². The molecule has 0 saturated heterocycles. The molecule has 1 aromatic rings. The van der Waals surface area contributed by atoms with Crippen molar-refractivity contribution >= 4 is 21.8 Å². The Hall–Kier alpha value is -0.830. The van der Waals surface area contributed by atoms with Crippen molar-refractivity contribution in [2.24, 2.45) is 5.41 Å². The third-order valence-corrected chi connectivity index (χ3v) is 4.50. The first kappa shape index (κ1) is 13.6. The highest BCUT2D eigenvalue weighted by Crippen LogP contribution is 2.37. The van der Waals surface area contributed by atoms with Crippen molar-refractivity contribution in [3.8, 4) is 0 Å². The number of nitrogens with one attached hydrogen (secondary N) is 1. The Morgan fingerprint density at radius 3 is 2.67 bits per heavy atom. The third kappa shape index (κ3) is 3.14. The molecule has 0 atom stereocenters. The number of hydrogen-bond acceptors (Lipinski definition) is 1. The van der Waals surface area contributed by atoms with E-state index in [0.29, 0.717) is 6.54 Å². The molecule has 3 heteroatoms. The second-order valence-corrected chi connectivity index (χ2v) is 5.96. The van der Waals surface area contributed by atoms with Crippen molar-refractivity contribution in [3.63, 3.8) is 0 Å². The van der Waals surface area contributed by atoms with Crippen LogP contribution in [0.1, 0.15) is 43.7 Å². The van der Waals surface area contributed by atoms with Gasteiger partial charge in [-0.3, -0.25) is 4.79 Å². The molecule has 2 nitrogen and oxygen atoms in total. The number of carbonyl (C=O) groups is 1. The lowest BCUT2D eigenvalue weighted by Crippen LogP contribution is -2.36. The van der Waals surface area contributed by atoms with E-state index in [1.165, 1.54) is 24.0 Å². The SMILES string of the molecule is CC1(C(=O)NCc2cccc(CBr)c2)CCCC1. The quantitative estimate of drug-likeness (QED) is 0.843. The Morgan fingerprint density at radius 1 is 1.33 bits per heavy atom. The molecule has 1 aliphatic rings. The van der Waals surface area contributed by atoms with Gasteiger partial charge >= 0.3 is 0 Å². The number of hydrogen-bond donors (Lipinski definition) is 1. The smallest absolute Gasteiger partial charge is 0.226 e. The first-order chi connectivity index (χ1) is 8.64. The van der Waals surface area contributed by atoms with Gasteiger partial charge in [-0.1, -0.05) is 60.0 Å². The van der Waals surface area contributed by atoms with Crippen molar-refractivity contribution < 1.29 is 4.79 Å². The zero-order valence-electron chi connectivity index (χ0n) is 10.8. The molecule has 0 heterocycles. The summed E-state index contributed by atoms with van der Waals surface area (Å²) in [6.45, 7) is 2.72. The highest BCUT2D eigenvalue weighted by Gasteiger charge is 2.35. The second kappa shape index (κ2) is 5.87. The molecular weight excluding hydrogens is 290 g/mol. The van der Waals surface area contributed by atoms with E-state index in [0.717, 1.165) is 18.2 Å². The summed E-state index contributed by atoms with van der Waals surface area (Å²) in [6.07, 6.45) is 4.42. The van der Waals surface area contributed by atoms with E-state index in [1.54, 1.807) is 0 Å². The fourth-order valence-corrected chi connectivity index (χ4v) is 2.95. The summed E-state index contributed by atoms with van der Waals surface area (Å²) in [5, 5.41) is 3.93. The minimum atomic E-state index is -0.132. The van der Waals surface area contributed by atoms with E-state index in [1.807, 2.05) is 6.07 Å². The molecule has 0 aliphatic heterocycles. The summed E-state index contributed by atoms with van der Waals surface area (Å²) in [6, 6.07) is 8.31. The molecule has 1 amide bonds. The summed E-state index contributed by atoms with van der Waals surface area (Å²) < 4.78 is 0. The van der Waals surface area contributed by atoms with Crippen LogP contribution in [0.2, 0.25) is 0 Å². The zero-order chi connectivity index (χ0) is 13.0. The van der Waals surface area contributed by atoms with Gasteiger partial charge in [-0.15, -0.1) is 0 Å². The summed E-state index contributed by atoms with van der Waals surface area (Å²) >= 11 is 3.45. The molecule has 0 radical (unpaired) electrons. The predicted molar refractivity (Wildman–Crippen MR) is 77.5 cm³/mol. The average Bonchev–Trinajstić information content (AvgIpc) is 2.84. The van der Waals surface area contributed by atoms with Gasteiger partial charge in [0.1, 0.15) is 0 Å². The molecule has 0 bridgehead atoms. The zero-order valence-corrected chi connectivity index (χ0v) is 12.4. The molecule has 1 aromatic carbocycles. The minimum Gasteiger partial charge on any atom is -0.352 e. The maximum atomic E-state index is 12.2. The van der Waals surface area contributed by atoms with Crippen LogP contribution in [-0.4, -0.2) is 5.91 Å². The van der Waals surface area contributed by atoms with E-state index in [4.69, 9.17) is 0 Å². The summed E-state index contributed by atoms with van der Waals surface area (Å²) in [5.41, 5.74) is 2.28. The van der Waals surface area contributed by atoms with E-state index >= 15 is 0 Å². The first-order valence-corrected chi connectivity index (χ1v) is 7.68. The van der Waals surface area contributed by atoms with Gasteiger partial charge in [-0.2, -0.15) is 0 Å². The van der Waals surface area contributed by atoms with Crippen LogP contribution in [0.5, 0.6) is 0 Å². The maximum absolute atomic E-state index is 12.2. The molecule has 0 aromatic heterocycles. The predicted octanol–water partition coefficient (Wildman–Crippen LogP) is 3.78. The molecule has 98 valence electrons. The number of rotatable bonds is 4. The fourth-order valence-electron chi connectivity index (χ4n) is 2.60. The number of carbonyl (C=O) groups excluding carboxylic acids is 1. The lowest BCUT2D eigenvalue weighted by atomic mass is 9.88. The van der Waals surface area contributed by atoms with Crippen molar-refractivity contribution in [1.82, 2.24) is 5.32 Å². The Bertz CT molecular complexity index is 424. The number of benzene rings is 1. The summed E-state index contributed by atoms with van der Waals surface area (Å²) in [5.74, 6) is 0.212. The van der Waals surface area contributed by atoms with E-state index in [9.17, 15) is 4.79 Å². The molecular formula is C15H20BrNO. The topological polar surface area (TPSA) is 29.1 Å². The van der Waals surface area contributed by atoms with Crippen LogP contribution >= 0.6 is 15.9 Å². The van der Waals surface area contributed by atoms with Crippen molar-refractivity contribution in [2.75, 3.05) is 0 Å². The molecule has 1 N–H and O–H groups in total. The largest absolute Gasteiger partial charge is 0.352 e. The lowest BCUT2D eigenvalue weighted by molar-refractivity contribution is -0.130. The Labute approximate surface area is 117 Å². The second-order valence-electron chi connectivity index (χ2n) is 5.40. The third-order valence-electron chi connectivity index (χ3n) is 3.85. The van der Waals surface area contributed by atoms with Gasteiger partial charge in [0, 0.05) is 17.3 Å². The van der Waals surface area contributed by atoms with Gasteiger partial charge in [0.2, 0.25) is 5.91 Å². The van der Waals surface area contributed by atoms with Gasteiger partial charge in [-0.05, 0) is 24.0 Å². The van der Waals surface area contributed by atoms with Crippen LogP contribution in [0.25, 0.3) is 0 Å². The van der Waals surface area contributed by atoms with Gasteiger partial charge in [0.25, 0.3) is 0 Å². The Morgan fingerprint density at radius 2 is 2.00 bits per heavy atom. The van der Waals surface area contributed by atoms with Crippen molar-refractivity contribution in [3.05, 3.63) is 35.4 Å². The molecule has 1 saturated carbocycles. The minimum absolute atomic E-state index is 0.132. The molecule has 0 unspecified atom stereocenters.